The Balaban J connectivity index is 1.70. The highest BCUT2D eigenvalue weighted by Gasteiger charge is 2.22. The topological polar surface area (TPSA) is 101 Å². The van der Waals surface area contributed by atoms with E-state index in [2.05, 4.69) is 25.5 Å². The van der Waals surface area contributed by atoms with E-state index in [1.807, 2.05) is 19.9 Å². The lowest BCUT2D eigenvalue weighted by Crippen LogP contribution is -2.13. The Morgan fingerprint density at radius 3 is 2.52 bits per heavy atom. The first-order valence-corrected chi connectivity index (χ1v) is 11.5. The number of hydrogen-bond acceptors (Lipinski definition) is 6. The summed E-state index contributed by atoms with van der Waals surface area (Å²) < 4.78 is 25.8. The predicted molar refractivity (Wildman–Crippen MR) is 112 cm³/mol. The van der Waals surface area contributed by atoms with E-state index in [4.69, 9.17) is 0 Å². The molecule has 8 heteroatoms. The molecule has 2 N–H and O–H groups in total. The number of sulfone groups is 1. The number of fused-ring (bicyclic) bond motifs is 1. The van der Waals surface area contributed by atoms with Gasteiger partial charge in [-0.3, -0.25) is 5.10 Å². The largest absolute Gasteiger partial charge is 0.323 e. The summed E-state index contributed by atoms with van der Waals surface area (Å²) in [6, 6.07) is 8.78. The molecule has 152 valence electrons. The number of aromatic amines is 1. The zero-order chi connectivity index (χ0) is 20.4. The normalized spacial score (nSPS) is 14.3. The molecule has 0 atom stereocenters. The number of aromatic nitrogens is 4. The fourth-order valence-electron chi connectivity index (χ4n) is 3.59. The van der Waals surface area contributed by atoms with Crippen LogP contribution in [0.4, 0.5) is 11.6 Å². The van der Waals surface area contributed by atoms with Crippen molar-refractivity contribution in [2.24, 2.45) is 0 Å². The van der Waals surface area contributed by atoms with Crippen LogP contribution in [-0.2, 0) is 28.4 Å². The van der Waals surface area contributed by atoms with Gasteiger partial charge in [-0.25, -0.2) is 18.4 Å². The molecule has 7 nitrogen and oxygen atoms in total. The minimum absolute atomic E-state index is 0.225. The molecule has 0 bridgehead atoms. The fraction of sp³-hybridized carbons (Fsp3) is 0.381. The average Bonchev–Trinajstić information content (AvgIpc) is 2.93. The maximum absolute atomic E-state index is 12.9. The molecule has 1 aliphatic carbocycles. The molecule has 0 spiro atoms. The summed E-state index contributed by atoms with van der Waals surface area (Å²) in [7, 11) is -3.53. The monoisotopic (exact) mass is 411 g/mol. The van der Waals surface area contributed by atoms with E-state index in [0.717, 1.165) is 54.6 Å². The first-order chi connectivity index (χ1) is 13.9. The summed E-state index contributed by atoms with van der Waals surface area (Å²) in [6.07, 6.45) is 4.98. The van der Waals surface area contributed by atoms with Crippen LogP contribution in [0.1, 0.15) is 47.6 Å². The van der Waals surface area contributed by atoms with Crippen molar-refractivity contribution < 1.29 is 8.42 Å². The van der Waals surface area contributed by atoms with Crippen molar-refractivity contribution >= 4 is 21.5 Å². The van der Waals surface area contributed by atoms with Gasteiger partial charge in [-0.2, -0.15) is 5.10 Å². The van der Waals surface area contributed by atoms with E-state index in [1.54, 1.807) is 24.3 Å². The van der Waals surface area contributed by atoms with Gasteiger partial charge in [0.25, 0.3) is 0 Å². The van der Waals surface area contributed by atoms with Crippen molar-refractivity contribution in [3.63, 3.8) is 0 Å². The molecule has 0 fully saturated rings. The van der Waals surface area contributed by atoms with Gasteiger partial charge >= 0.3 is 0 Å². The van der Waals surface area contributed by atoms with Gasteiger partial charge in [0.05, 0.1) is 4.90 Å². The van der Waals surface area contributed by atoms with Gasteiger partial charge in [0.2, 0.25) is 0 Å². The van der Waals surface area contributed by atoms with E-state index in [0.29, 0.717) is 22.4 Å². The molecule has 0 unspecified atom stereocenters. The molecule has 0 radical (unpaired) electrons. The quantitative estimate of drug-likeness (QED) is 0.619. The summed E-state index contributed by atoms with van der Waals surface area (Å²) in [5.74, 6) is 1.43. The molecule has 1 aliphatic rings. The third-order valence-corrected chi connectivity index (χ3v) is 6.76. The van der Waals surface area contributed by atoms with Crippen LogP contribution in [0.5, 0.6) is 0 Å². The minimum atomic E-state index is -3.53. The van der Waals surface area contributed by atoms with Crippen LogP contribution in [0, 0.1) is 13.8 Å². The van der Waals surface area contributed by atoms with Gasteiger partial charge in [0.1, 0.15) is 17.4 Å². The van der Waals surface area contributed by atoms with Crippen molar-refractivity contribution in [2.75, 3.05) is 5.32 Å². The molecular weight excluding hydrogens is 386 g/mol. The van der Waals surface area contributed by atoms with Crippen molar-refractivity contribution in [1.29, 1.82) is 0 Å². The van der Waals surface area contributed by atoms with Crippen molar-refractivity contribution in [2.45, 2.75) is 56.6 Å². The van der Waals surface area contributed by atoms with E-state index in [-0.39, 0.29) is 5.75 Å². The Morgan fingerprint density at radius 2 is 1.79 bits per heavy atom. The van der Waals surface area contributed by atoms with Gasteiger partial charge in [-0.15, -0.1) is 0 Å². The molecule has 0 saturated carbocycles. The van der Waals surface area contributed by atoms with Crippen molar-refractivity contribution in [3.05, 3.63) is 58.7 Å². The third kappa shape index (κ3) is 4.48. The van der Waals surface area contributed by atoms with E-state index in [9.17, 15) is 8.42 Å². The van der Waals surface area contributed by atoms with Crippen LogP contribution in [0.25, 0.3) is 0 Å². The first kappa shape index (κ1) is 19.6. The Labute approximate surface area is 170 Å². The van der Waals surface area contributed by atoms with Crippen LogP contribution in [-0.4, -0.2) is 28.6 Å². The highest BCUT2D eigenvalue weighted by atomic mass is 32.2. The minimum Gasteiger partial charge on any atom is -0.323 e. The summed E-state index contributed by atoms with van der Waals surface area (Å²) in [6.45, 7) is 3.86. The zero-order valence-corrected chi connectivity index (χ0v) is 17.5. The summed E-state index contributed by atoms with van der Waals surface area (Å²) in [5, 5.41) is 10.4. The van der Waals surface area contributed by atoms with Crippen LogP contribution in [0.2, 0.25) is 0 Å². The molecule has 3 aromatic rings. The molecule has 0 aliphatic heterocycles. The lowest BCUT2D eigenvalue weighted by atomic mass is 10.1. The second-order valence-corrected chi connectivity index (χ2v) is 9.60. The average molecular weight is 412 g/mol. The molecule has 0 saturated heterocycles. The molecule has 4 rings (SSSR count). The van der Waals surface area contributed by atoms with Gasteiger partial charge in [-0.05, 0) is 51.7 Å². The smallest absolute Gasteiger partial charge is 0.185 e. The van der Waals surface area contributed by atoms with Gasteiger partial charge in [-0.1, -0.05) is 24.1 Å². The number of aryl methyl sites for hydroxylation is 3. The van der Waals surface area contributed by atoms with Gasteiger partial charge < -0.3 is 5.32 Å². The summed E-state index contributed by atoms with van der Waals surface area (Å²) in [4.78, 5) is 9.55. The zero-order valence-electron chi connectivity index (χ0n) is 16.7. The molecule has 0 amide bonds. The molecular formula is C21H25N5O2S. The van der Waals surface area contributed by atoms with E-state index < -0.39 is 9.84 Å². The second-order valence-electron chi connectivity index (χ2n) is 7.61. The predicted octanol–water partition coefficient (Wildman–Crippen LogP) is 3.80. The standard InChI is InChI=1S/C21H25N5O2S/c1-14-8-10-16(11-9-14)29(27,28)13-20-22-18-7-5-3-4-6-17(18)21(24-20)23-19-12-15(2)25-26-19/h8-12H,3-7,13H2,1-2H3,(H2,22,23,24,25,26). The Morgan fingerprint density at radius 1 is 1.03 bits per heavy atom. The van der Waals surface area contributed by atoms with Crippen molar-refractivity contribution in [3.8, 4) is 0 Å². The number of rotatable bonds is 5. The number of H-pyrrole nitrogens is 1. The Hall–Kier alpha value is -2.74. The highest BCUT2D eigenvalue weighted by molar-refractivity contribution is 7.90. The number of anilines is 2. The van der Waals surface area contributed by atoms with Gasteiger partial charge in [0, 0.05) is 23.0 Å². The van der Waals surface area contributed by atoms with E-state index in [1.165, 1.54) is 0 Å². The second kappa shape index (κ2) is 7.94. The van der Waals surface area contributed by atoms with Crippen LogP contribution in [0.3, 0.4) is 0 Å². The number of nitrogens with zero attached hydrogens (tertiary/aromatic N) is 3. The molecule has 2 aromatic heterocycles. The van der Waals surface area contributed by atoms with E-state index >= 15 is 0 Å². The lowest BCUT2D eigenvalue weighted by molar-refractivity contribution is 0.593. The number of benzene rings is 1. The molecule has 29 heavy (non-hydrogen) atoms. The van der Waals surface area contributed by atoms with Crippen LogP contribution in [0.15, 0.2) is 35.2 Å². The number of nitrogens with one attached hydrogen (secondary N) is 2. The summed E-state index contributed by atoms with van der Waals surface area (Å²) >= 11 is 0. The van der Waals surface area contributed by atoms with Crippen LogP contribution >= 0.6 is 0 Å². The van der Waals surface area contributed by atoms with Gasteiger partial charge in [0.15, 0.2) is 15.7 Å². The first-order valence-electron chi connectivity index (χ1n) is 9.88. The lowest BCUT2D eigenvalue weighted by Gasteiger charge is -2.14. The highest BCUT2D eigenvalue weighted by Crippen LogP contribution is 2.28. The molecule has 1 aromatic carbocycles. The summed E-state index contributed by atoms with van der Waals surface area (Å²) in [5.41, 5.74) is 3.97. The maximum Gasteiger partial charge on any atom is 0.185 e. The van der Waals surface area contributed by atoms with Crippen molar-refractivity contribution in [1.82, 2.24) is 20.2 Å². The maximum atomic E-state index is 12.9. The number of hydrogen-bond donors (Lipinski definition) is 2. The third-order valence-electron chi connectivity index (χ3n) is 5.13. The fourth-order valence-corrected chi connectivity index (χ4v) is 4.78. The SMILES string of the molecule is Cc1ccc(S(=O)(=O)Cc2nc3c(c(Nc4cc(C)[nH]n4)n2)CCCCC3)cc1. The molecule has 2 heterocycles. The Bertz CT molecular complexity index is 1120. The van der Waals surface area contributed by atoms with Crippen LogP contribution < -0.4 is 5.32 Å². The Kier molecular flexibility index (Phi) is 5.36.